The maximum Gasteiger partial charge on any atom is 0.120 e. The summed E-state index contributed by atoms with van der Waals surface area (Å²) in [5, 5.41) is 23.2. The van der Waals surface area contributed by atoms with Crippen LogP contribution in [0.2, 0.25) is 0 Å². The summed E-state index contributed by atoms with van der Waals surface area (Å²) in [6.45, 7) is 4.03. The van der Waals surface area contributed by atoms with Crippen molar-refractivity contribution in [2.75, 3.05) is 26.2 Å². The van der Waals surface area contributed by atoms with Crippen molar-refractivity contribution in [2.45, 2.75) is 25.3 Å². The number of nitrogens with zero attached hydrogens (tertiary/aromatic N) is 1. The third-order valence-electron chi connectivity index (χ3n) is 4.47. The highest BCUT2D eigenvalue weighted by Crippen LogP contribution is 2.44. The van der Waals surface area contributed by atoms with Gasteiger partial charge in [0.05, 0.1) is 0 Å². The summed E-state index contributed by atoms with van der Waals surface area (Å²) in [7, 11) is 0. The number of rotatable bonds is 3. The zero-order chi connectivity index (χ0) is 13.2. The monoisotopic (exact) mass is 262 g/mol. The van der Waals surface area contributed by atoms with Gasteiger partial charge in [-0.15, -0.1) is 0 Å². The summed E-state index contributed by atoms with van der Waals surface area (Å²) in [4.78, 5) is 2.45. The third kappa shape index (κ3) is 2.55. The maximum atomic E-state index is 10.2. The summed E-state index contributed by atoms with van der Waals surface area (Å²) in [5.74, 6) is 1.17. The van der Waals surface area contributed by atoms with Crippen molar-refractivity contribution in [3.05, 3.63) is 23.8 Å². The molecule has 0 bridgehead atoms. The van der Waals surface area contributed by atoms with E-state index in [0.717, 1.165) is 31.7 Å². The van der Waals surface area contributed by atoms with Crippen LogP contribution in [0.15, 0.2) is 18.2 Å². The zero-order valence-electron chi connectivity index (χ0n) is 11.2. The number of aromatic hydroxyl groups is 2. The first-order chi connectivity index (χ1) is 9.25. The van der Waals surface area contributed by atoms with Crippen LogP contribution in [-0.2, 0) is 0 Å². The SMILES string of the molecule is Oc1ccc(O)c([C@H](C2CCC2)N2CCNCC2)c1. The lowest BCUT2D eigenvalue weighted by molar-refractivity contribution is 0.0818. The molecule has 1 aromatic carbocycles. The van der Waals surface area contributed by atoms with Crippen molar-refractivity contribution in [2.24, 2.45) is 5.92 Å². The van der Waals surface area contributed by atoms with E-state index >= 15 is 0 Å². The molecule has 1 aromatic rings. The Morgan fingerprint density at radius 2 is 1.89 bits per heavy atom. The van der Waals surface area contributed by atoms with E-state index in [2.05, 4.69) is 10.2 Å². The minimum atomic E-state index is 0.243. The van der Waals surface area contributed by atoms with Gasteiger partial charge < -0.3 is 15.5 Å². The molecule has 1 aliphatic heterocycles. The Morgan fingerprint density at radius 1 is 1.16 bits per heavy atom. The fourth-order valence-electron chi connectivity index (χ4n) is 3.24. The predicted molar refractivity (Wildman–Crippen MR) is 74.3 cm³/mol. The molecule has 3 rings (SSSR count). The Hall–Kier alpha value is -1.26. The van der Waals surface area contributed by atoms with Crippen LogP contribution in [0.1, 0.15) is 30.9 Å². The topological polar surface area (TPSA) is 55.7 Å². The normalized spacial score (nSPS) is 22.9. The number of phenolic OH excluding ortho intramolecular Hbond substituents is 2. The first-order valence-electron chi connectivity index (χ1n) is 7.22. The lowest BCUT2D eigenvalue weighted by Gasteiger charge is -2.43. The fourth-order valence-corrected chi connectivity index (χ4v) is 3.24. The van der Waals surface area contributed by atoms with E-state index in [4.69, 9.17) is 0 Å². The molecule has 0 unspecified atom stereocenters. The minimum absolute atomic E-state index is 0.243. The van der Waals surface area contributed by atoms with Crippen molar-refractivity contribution >= 4 is 0 Å². The fraction of sp³-hybridized carbons (Fsp3) is 0.600. The molecule has 4 nitrogen and oxygen atoms in total. The quantitative estimate of drug-likeness (QED) is 0.728. The maximum absolute atomic E-state index is 10.2. The highest BCUT2D eigenvalue weighted by Gasteiger charge is 2.35. The van der Waals surface area contributed by atoms with Gasteiger partial charge in [-0.1, -0.05) is 6.42 Å². The number of nitrogens with one attached hydrogen (secondary N) is 1. The van der Waals surface area contributed by atoms with Gasteiger partial charge >= 0.3 is 0 Å². The van der Waals surface area contributed by atoms with E-state index in [1.807, 2.05) is 0 Å². The summed E-state index contributed by atoms with van der Waals surface area (Å²) < 4.78 is 0. The van der Waals surface area contributed by atoms with Crippen molar-refractivity contribution < 1.29 is 10.2 Å². The van der Waals surface area contributed by atoms with Crippen LogP contribution >= 0.6 is 0 Å². The van der Waals surface area contributed by atoms with Gasteiger partial charge in [-0.2, -0.15) is 0 Å². The molecule has 19 heavy (non-hydrogen) atoms. The van der Waals surface area contributed by atoms with Crippen LogP contribution in [0.25, 0.3) is 0 Å². The van der Waals surface area contributed by atoms with Gasteiger partial charge in [-0.05, 0) is 37.0 Å². The molecule has 2 fully saturated rings. The van der Waals surface area contributed by atoms with Gasteiger partial charge in [0.15, 0.2) is 0 Å². The van der Waals surface area contributed by atoms with Crippen LogP contribution in [0.3, 0.4) is 0 Å². The number of benzene rings is 1. The second-order valence-corrected chi connectivity index (χ2v) is 5.66. The molecule has 0 aromatic heterocycles. The molecule has 1 saturated heterocycles. The molecule has 2 aliphatic rings. The van der Waals surface area contributed by atoms with Crippen molar-refractivity contribution in [1.82, 2.24) is 10.2 Å². The van der Waals surface area contributed by atoms with Crippen LogP contribution < -0.4 is 5.32 Å². The molecule has 1 saturated carbocycles. The molecular formula is C15H22N2O2. The van der Waals surface area contributed by atoms with Gasteiger partial charge in [-0.3, -0.25) is 4.90 Å². The Balaban J connectivity index is 1.90. The number of piperazine rings is 1. The largest absolute Gasteiger partial charge is 0.508 e. The molecule has 4 heteroatoms. The van der Waals surface area contributed by atoms with Gasteiger partial charge in [0, 0.05) is 37.8 Å². The molecule has 104 valence electrons. The smallest absolute Gasteiger partial charge is 0.120 e. The predicted octanol–water partition coefficient (Wildman–Crippen LogP) is 1.84. The molecule has 1 aliphatic carbocycles. The number of hydrogen-bond acceptors (Lipinski definition) is 4. The molecule has 0 spiro atoms. The van der Waals surface area contributed by atoms with Crippen LogP contribution in [0.4, 0.5) is 0 Å². The number of hydrogen-bond donors (Lipinski definition) is 3. The Morgan fingerprint density at radius 3 is 2.53 bits per heavy atom. The lowest BCUT2D eigenvalue weighted by atomic mass is 9.76. The average molecular weight is 262 g/mol. The minimum Gasteiger partial charge on any atom is -0.508 e. The van der Waals surface area contributed by atoms with Crippen molar-refractivity contribution in [3.63, 3.8) is 0 Å². The van der Waals surface area contributed by atoms with E-state index in [-0.39, 0.29) is 11.8 Å². The molecule has 0 amide bonds. The van der Waals surface area contributed by atoms with E-state index in [9.17, 15) is 10.2 Å². The molecule has 1 heterocycles. The van der Waals surface area contributed by atoms with Crippen LogP contribution in [0, 0.1) is 5.92 Å². The van der Waals surface area contributed by atoms with Gasteiger partial charge in [0.2, 0.25) is 0 Å². The van der Waals surface area contributed by atoms with Crippen LogP contribution in [0.5, 0.6) is 11.5 Å². The van der Waals surface area contributed by atoms with Crippen LogP contribution in [-0.4, -0.2) is 41.3 Å². The third-order valence-corrected chi connectivity index (χ3v) is 4.47. The molecule has 3 N–H and O–H groups in total. The Labute approximate surface area is 114 Å². The molecular weight excluding hydrogens is 240 g/mol. The molecule has 0 radical (unpaired) electrons. The van der Waals surface area contributed by atoms with Crippen molar-refractivity contribution in [1.29, 1.82) is 0 Å². The Kier molecular flexibility index (Phi) is 3.62. The second-order valence-electron chi connectivity index (χ2n) is 5.66. The molecule has 1 atom stereocenters. The first-order valence-corrected chi connectivity index (χ1v) is 7.22. The summed E-state index contributed by atoms with van der Waals surface area (Å²) in [5.41, 5.74) is 0.895. The number of phenols is 2. The second kappa shape index (κ2) is 5.39. The van der Waals surface area contributed by atoms with Gasteiger partial charge in [-0.25, -0.2) is 0 Å². The first kappa shape index (κ1) is 12.8. The standard InChI is InChI=1S/C15H22N2O2/c18-12-4-5-14(19)13(10-12)15(11-2-1-3-11)17-8-6-16-7-9-17/h4-5,10-11,15-16,18-19H,1-3,6-9H2/t15-/m0/s1. The zero-order valence-corrected chi connectivity index (χ0v) is 11.2. The van der Waals surface area contributed by atoms with Crippen molar-refractivity contribution in [3.8, 4) is 11.5 Å². The summed E-state index contributed by atoms with van der Waals surface area (Å²) in [6.07, 6.45) is 3.74. The van der Waals surface area contributed by atoms with E-state index < -0.39 is 0 Å². The summed E-state index contributed by atoms with van der Waals surface area (Å²) >= 11 is 0. The summed E-state index contributed by atoms with van der Waals surface area (Å²) in [6, 6.07) is 5.15. The van der Waals surface area contributed by atoms with E-state index in [1.165, 1.54) is 19.3 Å². The lowest BCUT2D eigenvalue weighted by Crippen LogP contribution is -2.47. The van der Waals surface area contributed by atoms with E-state index in [0.29, 0.717) is 11.7 Å². The van der Waals surface area contributed by atoms with Gasteiger partial charge in [0.25, 0.3) is 0 Å². The Bertz CT molecular complexity index is 440. The highest BCUT2D eigenvalue weighted by atomic mass is 16.3. The van der Waals surface area contributed by atoms with E-state index in [1.54, 1.807) is 18.2 Å². The van der Waals surface area contributed by atoms with Gasteiger partial charge in [0.1, 0.15) is 11.5 Å². The highest BCUT2D eigenvalue weighted by molar-refractivity contribution is 5.41. The average Bonchev–Trinajstić information content (AvgIpc) is 2.38.